The molecule has 0 aromatic heterocycles. The Labute approximate surface area is 120 Å². The summed E-state index contributed by atoms with van der Waals surface area (Å²) >= 11 is 4.89. The Balaban J connectivity index is 1.66. The van der Waals surface area contributed by atoms with Crippen LogP contribution in [0.25, 0.3) is 0 Å². The van der Waals surface area contributed by atoms with Gasteiger partial charge in [0.25, 0.3) is 0 Å². The molecule has 106 valence electrons. The average molecular weight is 280 g/mol. The highest BCUT2D eigenvalue weighted by Gasteiger charge is 2.51. The van der Waals surface area contributed by atoms with Crippen molar-refractivity contribution in [2.75, 3.05) is 13.6 Å². The van der Waals surface area contributed by atoms with Crippen molar-refractivity contribution in [2.45, 2.75) is 44.9 Å². The van der Waals surface area contributed by atoms with Gasteiger partial charge in [-0.25, -0.2) is 0 Å². The Morgan fingerprint density at radius 1 is 1.21 bits per heavy atom. The zero-order valence-electron chi connectivity index (χ0n) is 11.7. The first-order valence-electron chi connectivity index (χ1n) is 7.48. The summed E-state index contributed by atoms with van der Waals surface area (Å²) in [6.45, 7) is 0.417. The number of amides is 1. The minimum absolute atomic E-state index is 0.231. The van der Waals surface area contributed by atoms with Gasteiger partial charge in [0, 0.05) is 13.5 Å². The third kappa shape index (κ3) is 2.64. The molecule has 4 rings (SSSR count). The van der Waals surface area contributed by atoms with E-state index in [0.717, 1.165) is 24.2 Å². The lowest BCUT2D eigenvalue weighted by Gasteiger charge is -2.56. The topological polar surface area (TPSA) is 46.3 Å². The zero-order chi connectivity index (χ0) is 13.6. The van der Waals surface area contributed by atoms with Gasteiger partial charge in [0.05, 0.1) is 11.5 Å². The molecular formula is C15H24N2OS. The van der Waals surface area contributed by atoms with Crippen LogP contribution in [-0.2, 0) is 4.79 Å². The third-order valence-electron chi connectivity index (χ3n) is 5.51. The van der Waals surface area contributed by atoms with Crippen LogP contribution in [-0.4, -0.2) is 29.4 Å². The Morgan fingerprint density at radius 3 is 2.11 bits per heavy atom. The lowest BCUT2D eigenvalue weighted by Crippen LogP contribution is -2.48. The Hall–Kier alpha value is -0.640. The molecule has 4 aliphatic carbocycles. The van der Waals surface area contributed by atoms with Crippen LogP contribution in [0.5, 0.6) is 0 Å². The molecule has 3 nitrogen and oxygen atoms in total. The molecular weight excluding hydrogens is 256 g/mol. The molecule has 2 N–H and O–H groups in total. The molecule has 19 heavy (non-hydrogen) atoms. The maximum absolute atomic E-state index is 12.4. The molecule has 0 aromatic rings. The van der Waals surface area contributed by atoms with Gasteiger partial charge in [-0.05, 0) is 61.7 Å². The molecule has 0 saturated heterocycles. The molecule has 0 aliphatic heterocycles. The van der Waals surface area contributed by atoms with Crippen molar-refractivity contribution in [2.24, 2.45) is 28.9 Å². The van der Waals surface area contributed by atoms with Crippen LogP contribution in [0.15, 0.2) is 0 Å². The predicted octanol–water partition coefficient (Wildman–Crippen LogP) is 2.34. The quantitative estimate of drug-likeness (QED) is 0.804. The molecule has 0 heterocycles. The van der Waals surface area contributed by atoms with Crippen LogP contribution in [0.2, 0.25) is 0 Å². The van der Waals surface area contributed by atoms with Gasteiger partial charge in [-0.1, -0.05) is 12.2 Å². The summed E-state index contributed by atoms with van der Waals surface area (Å²) in [7, 11) is 1.82. The number of nitrogens with zero attached hydrogens (tertiary/aromatic N) is 1. The summed E-state index contributed by atoms with van der Waals surface area (Å²) < 4.78 is 0. The van der Waals surface area contributed by atoms with Crippen molar-refractivity contribution in [3.63, 3.8) is 0 Å². The number of hydrogen-bond donors (Lipinski definition) is 1. The van der Waals surface area contributed by atoms with E-state index in [0.29, 0.717) is 16.9 Å². The number of hydrogen-bond acceptors (Lipinski definition) is 2. The molecule has 0 spiro atoms. The van der Waals surface area contributed by atoms with Crippen LogP contribution in [0.4, 0.5) is 0 Å². The highest BCUT2D eigenvalue weighted by atomic mass is 32.1. The number of carbonyl (C=O) groups excluding carboxylic acids is 1. The molecule has 4 bridgehead atoms. The first kappa shape index (κ1) is 13.3. The van der Waals surface area contributed by atoms with E-state index in [-0.39, 0.29) is 5.91 Å². The highest BCUT2D eigenvalue weighted by molar-refractivity contribution is 7.80. The lowest BCUT2D eigenvalue weighted by atomic mass is 9.49. The normalized spacial score (nSPS) is 39.3. The van der Waals surface area contributed by atoms with Crippen molar-refractivity contribution in [1.82, 2.24) is 4.90 Å². The van der Waals surface area contributed by atoms with Gasteiger partial charge >= 0.3 is 0 Å². The van der Waals surface area contributed by atoms with Crippen LogP contribution < -0.4 is 5.73 Å². The summed E-state index contributed by atoms with van der Waals surface area (Å²) in [5.41, 5.74) is 5.85. The molecule has 0 radical (unpaired) electrons. The number of carbonyl (C=O) groups is 1. The maximum Gasteiger partial charge on any atom is 0.223 e. The van der Waals surface area contributed by atoms with Gasteiger partial charge < -0.3 is 10.6 Å². The molecule has 4 aliphatic rings. The average Bonchev–Trinajstić information content (AvgIpc) is 2.24. The van der Waals surface area contributed by atoms with Crippen molar-refractivity contribution in [3.05, 3.63) is 0 Å². The number of likely N-dealkylation sites (N-methyl/N-ethyl adjacent to an activating group) is 1. The molecule has 4 heteroatoms. The summed E-state index contributed by atoms with van der Waals surface area (Å²) in [6.07, 6.45) is 8.85. The lowest BCUT2D eigenvalue weighted by molar-refractivity contribution is -0.137. The Kier molecular flexibility index (Phi) is 3.32. The second kappa shape index (κ2) is 4.72. The molecule has 4 saturated carbocycles. The smallest absolute Gasteiger partial charge is 0.223 e. The predicted molar refractivity (Wildman–Crippen MR) is 79.6 cm³/mol. The van der Waals surface area contributed by atoms with E-state index < -0.39 is 0 Å². The fourth-order valence-corrected chi connectivity index (χ4v) is 5.48. The summed E-state index contributed by atoms with van der Waals surface area (Å²) in [5.74, 6) is 2.94. The zero-order valence-corrected chi connectivity index (χ0v) is 12.5. The second-order valence-corrected chi connectivity index (χ2v) is 7.83. The monoisotopic (exact) mass is 280 g/mol. The maximum atomic E-state index is 12.4. The van der Waals surface area contributed by atoms with E-state index in [1.54, 1.807) is 4.90 Å². The summed E-state index contributed by atoms with van der Waals surface area (Å²) in [6, 6.07) is 0. The second-order valence-electron chi connectivity index (χ2n) is 7.31. The van der Waals surface area contributed by atoms with Gasteiger partial charge in [-0.15, -0.1) is 0 Å². The Morgan fingerprint density at radius 2 is 1.68 bits per heavy atom. The molecule has 0 atom stereocenters. The Bertz CT molecular complexity index is 372. The van der Waals surface area contributed by atoms with Crippen LogP contribution in [0.1, 0.15) is 44.9 Å². The first-order chi connectivity index (χ1) is 8.96. The van der Waals surface area contributed by atoms with Crippen molar-refractivity contribution in [1.29, 1.82) is 0 Å². The fourth-order valence-electron chi connectivity index (χ4n) is 5.28. The van der Waals surface area contributed by atoms with Crippen molar-refractivity contribution in [3.8, 4) is 0 Å². The largest absolute Gasteiger partial charge is 0.392 e. The van der Waals surface area contributed by atoms with Crippen molar-refractivity contribution >= 4 is 23.1 Å². The number of nitrogens with two attached hydrogens (primary N) is 1. The van der Waals surface area contributed by atoms with Gasteiger partial charge in [0.15, 0.2) is 0 Å². The van der Waals surface area contributed by atoms with Crippen molar-refractivity contribution < 1.29 is 4.79 Å². The van der Waals surface area contributed by atoms with E-state index in [2.05, 4.69) is 0 Å². The highest BCUT2D eigenvalue weighted by Crippen LogP contribution is 2.61. The van der Waals surface area contributed by atoms with Crippen LogP contribution in [0.3, 0.4) is 0 Å². The van der Waals surface area contributed by atoms with Crippen LogP contribution in [0, 0.1) is 23.2 Å². The SMILES string of the molecule is CN(CC(N)=S)C(=O)CC12CC3CC(CC(C3)C1)C2. The van der Waals surface area contributed by atoms with E-state index >= 15 is 0 Å². The van der Waals surface area contributed by atoms with E-state index in [9.17, 15) is 4.79 Å². The van der Waals surface area contributed by atoms with Gasteiger partial charge in [0.2, 0.25) is 5.91 Å². The minimum atomic E-state index is 0.231. The minimum Gasteiger partial charge on any atom is -0.392 e. The molecule has 0 unspecified atom stereocenters. The van der Waals surface area contributed by atoms with E-state index in [1.165, 1.54) is 38.5 Å². The summed E-state index contributed by atoms with van der Waals surface area (Å²) in [4.78, 5) is 14.5. The van der Waals surface area contributed by atoms with E-state index in [4.69, 9.17) is 18.0 Å². The summed E-state index contributed by atoms with van der Waals surface area (Å²) in [5, 5.41) is 0. The van der Waals surface area contributed by atoms with Gasteiger partial charge in [-0.3, -0.25) is 4.79 Å². The number of thiocarbonyl (C=S) groups is 1. The fraction of sp³-hybridized carbons (Fsp3) is 0.867. The van der Waals surface area contributed by atoms with E-state index in [1.807, 2.05) is 7.05 Å². The molecule has 0 aromatic carbocycles. The standard InChI is InChI=1S/C15H24N2OS/c1-17(9-13(16)19)14(18)8-15-5-10-2-11(6-15)4-12(3-10)7-15/h10-12H,2-9H2,1H3,(H2,16,19). The van der Waals surface area contributed by atoms with Gasteiger partial charge in [0.1, 0.15) is 0 Å². The van der Waals surface area contributed by atoms with Gasteiger partial charge in [-0.2, -0.15) is 0 Å². The third-order valence-corrected chi connectivity index (χ3v) is 5.64. The molecule has 4 fully saturated rings. The van der Waals surface area contributed by atoms with Crippen LogP contribution >= 0.6 is 12.2 Å². The first-order valence-corrected chi connectivity index (χ1v) is 7.89. The molecule has 1 amide bonds. The number of rotatable bonds is 4.